The van der Waals surface area contributed by atoms with E-state index in [2.05, 4.69) is 9.93 Å². The van der Waals surface area contributed by atoms with E-state index in [9.17, 15) is 13.5 Å². The molecule has 6 nitrogen and oxygen atoms in total. The first kappa shape index (κ1) is 18.6. The van der Waals surface area contributed by atoms with Gasteiger partial charge in [-0.25, -0.2) is 0 Å². The van der Waals surface area contributed by atoms with Crippen LogP contribution >= 0.6 is 0 Å². The second kappa shape index (κ2) is 8.87. The largest absolute Gasteiger partial charge is 0.388 e. The number of rotatable bonds is 9. The lowest BCUT2D eigenvalue weighted by Crippen LogP contribution is -2.38. The molecule has 0 aliphatic rings. The van der Waals surface area contributed by atoms with Crippen LogP contribution in [0.15, 0.2) is 35.4 Å². The molecule has 1 aromatic carbocycles. The number of nitrogens with one attached hydrogen (secondary N) is 1. The first-order valence-electron chi connectivity index (χ1n) is 7.49. The van der Waals surface area contributed by atoms with Crippen molar-refractivity contribution in [3.05, 3.63) is 35.9 Å². The van der Waals surface area contributed by atoms with Gasteiger partial charge in [0.2, 0.25) is 0 Å². The number of aliphatic hydroxyl groups is 1. The van der Waals surface area contributed by atoms with Crippen LogP contribution in [0.2, 0.25) is 0 Å². The van der Waals surface area contributed by atoms with Gasteiger partial charge in [-0.15, -0.1) is 0 Å². The fourth-order valence-corrected chi connectivity index (χ4v) is 3.07. The minimum Gasteiger partial charge on any atom is -0.388 e. The van der Waals surface area contributed by atoms with Crippen LogP contribution in [-0.4, -0.2) is 36.6 Å². The molecule has 124 valence electrons. The molecule has 0 heterocycles. The molecular formula is C15H25N3O3S. The van der Waals surface area contributed by atoms with E-state index in [4.69, 9.17) is 0 Å². The van der Waals surface area contributed by atoms with Gasteiger partial charge in [0.05, 0.1) is 6.10 Å². The van der Waals surface area contributed by atoms with Crippen LogP contribution in [0, 0.1) is 0 Å². The Labute approximate surface area is 133 Å². The van der Waals surface area contributed by atoms with Crippen LogP contribution in [0.4, 0.5) is 0 Å². The minimum absolute atomic E-state index is 0.293. The van der Waals surface area contributed by atoms with E-state index >= 15 is 0 Å². The summed E-state index contributed by atoms with van der Waals surface area (Å²) >= 11 is 0. The third kappa shape index (κ3) is 5.40. The molecule has 1 rings (SSSR count). The third-order valence-corrected chi connectivity index (χ3v) is 4.90. The lowest BCUT2D eigenvalue weighted by Gasteiger charge is -2.18. The van der Waals surface area contributed by atoms with Crippen molar-refractivity contribution in [2.24, 2.45) is 5.10 Å². The summed E-state index contributed by atoms with van der Waals surface area (Å²) in [7, 11) is -3.61. The van der Waals surface area contributed by atoms with E-state index in [-0.39, 0.29) is 0 Å². The number of hydrogen-bond donors (Lipinski definition) is 2. The highest BCUT2D eigenvalue weighted by Crippen LogP contribution is 2.17. The van der Waals surface area contributed by atoms with Crippen molar-refractivity contribution >= 4 is 15.9 Å². The van der Waals surface area contributed by atoms with Crippen LogP contribution < -0.4 is 4.83 Å². The monoisotopic (exact) mass is 327 g/mol. The molecule has 0 saturated carbocycles. The molecule has 1 atom stereocenters. The zero-order chi connectivity index (χ0) is 16.6. The molecule has 7 heteroatoms. The predicted octanol–water partition coefficient (Wildman–Crippen LogP) is 2.05. The molecule has 0 aliphatic carbocycles. The minimum atomic E-state index is -3.61. The van der Waals surface area contributed by atoms with Crippen molar-refractivity contribution in [3.8, 4) is 0 Å². The Morgan fingerprint density at radius 2 is 1.82 bits per heavy atom. The Balaban J connectivity index is 2.75. The molecule has 1 unspecified atom stereocenters. The maximum absolute atomic E-state index is 12.0. The Kier molecular flexibility index (Phi) is 7.50. The van der Waals surface area contributed by atoms with Gasteiger partial charge >= 0.3 is 10.2 Å². The van der Waals surface area contributed by atoms with E-state index in [0.29, 0.717) is 31.6 Å². The number of aliphatic hydroxyl groups excluding tert-OH is 1. The van der Waals surface area contributed by atoms with Crippen LogP contribution in [0.25, 0.3) is 0 Å². The summed E-state index contributed by atoms with van der Waals surface area (Å²) < 4.78 is 25.3. The summed E-state index contributed by atoms with van der Waals surface area (Å²) in [5, 5.41) is 14.2. The van der Waals surface area contributed by atoms with Gasteiger partial charge in [0.25, 0.3) is 0 Å². The summed E-state index contributed by atoms with van der Waals surface area (Å²) in [5.41, 5.74) is 1.39. The summed E-state index contributed by atoms with van der Waals surface area (Å²) in [6.07, 6.45) is 0.157. The molecule has 2 N–H and O–H groups in total. The molecule has 0 spiro atoms. The van der Waals surface area contributed by atoms with Gasteiger partial charge in [-0.3, -0.25) is 0 Å². The van der Waals surface area contributed by atoms with Gasteiger partial charge in [-0.05, 0) is 12.0 Å². The molecular weight excluding hydrogens is 302 g/mol. The van der Waals surface area contributed by atoms with Crippen molar-refractivity contribution in [2.75, 3.05) is 13.1 Å². The zero-order valence-electron chi connectivity index (χ0n) is 13.4. The van der Waals surface area contributed by atoms with E-state index in [1.165, 1.54) is 4.31 Å². The van der Waals surface area contributed by atoms with Crippen molar-refractivity contribution in [1.82, 2.24) is 9.14 Å². The molecule has 0 fully saturated rings. The highest BCUT2D eigenvalue weighted by Gasteiger charge is 2.18. The van der Waals surface area contributed by atoms with Crippen molar-refractivity contribution in [3.63, 3.8) is 0 Å². The summed E-state index contributed by atoms with van der Waals surface area (Å²) in [4.78, 5) is 2.24. The number of nitrogens with zero attached hydrogens (tertiary/aromatic N) is 2. The van der Waals surface area contributed by atoms with E-state index < -0.39 is 16.3 Å². The molecule has 0 amide bonds. The fourth-order valence-electron chi connectivity index (χ4n) is 2.03. The van der Waals surface area contributed by atoms with Crippen molar-refractivity contribution in [1.29, 1.82) is 0 Å². The standard InChI is InChI=1S/C15H25N3O3S/c1-4-14(12-15(19)13-10-8-7-9-11-13)16-17-22(20,21)18(5-2)6-3/h7-11,15,17,19H,4-6,12H2,1-3H3/b16-14+. The summed E-state index contributed by atoms with van der Waals surface area (Å²) in [5.74, 6) is 0. The number of hydrazone groups is 1. The summed E-state index contributed by atoms with van der Waals surface area (Å²) in [6, 6.07) is 9.24. The van der Waals surface area contributed by atoms with Gasteiger partial charge < -0.3 is 5.11 Å². The first-order chi connectivity index (χ1) is 10.4. The first-order valence-corrected chi connectivity index (χ1v) is 8.93. The lowest BCUT2D eigenvalue weighted by atomic mass is 10.0. The normalized spacial score (nSPS) is 14.1. The third-order valence-electron chi connectivity index (χ3n) is 3.39. The van der Waals surface area contributed by atoms with E-state index in [0.717, 1.165) is 5.56 Å². The van der Waals surface area contributed by atoms with E-state index in [1.54, 1.807) is 13.8 Å². The summed E-state index contributed by atoms with van der Waals surface area (Å²) in [6.45, 7) is 6.19. The Morgan fingerprint density at radius 1 is 1.23 bits per heavy atom. The van der Waals surface area contributed by atoms with Gasteiger partial charge in [0.1, 0.15) is 0 Å². The average Bonchev–Trinajstić information content (AvgIpc) is 2.53. The molecule has 0 radical (unpaired) electrons. The zero-order valence-corrected chi connectivity index (χ0v) is 14.2. The SMILES string of the molecule is CC/C(CC(O)c1ccccc1)=N\NS(=O)(=O)N(CC)CC. The molecule has 0 bridgehead atoms. The highest BCUT2D eigenvalue weighted by molar-refractivity contribution is 7.87. The van der Waals surface area contributed by atoms with Crippen molar-refractivity contribution in [2.45, 2.75) is 39.7 Å². The molecule has 1 aromatic rings. The van der Waals surface area contributed by atoms with Crippen molar-refractivity contribution < 1.29 is 13.5 Å². The Hall–Kier alpha value is -1.44. The second-order valence-corrected chi connectivity index (χ2v) is 6.49. The maximum Gasteiger partial charge on any atom is 0.316 e. The van der Waals surface area contributed by atoms with E-state index in [1.807, 2.05) is 37.3 Å². The van der Waals surface area contributed by atoms with Crippen LogP contribution in [0.5, 0.6) is 0 Å². The maximum atomic E-state index is 12.0. The molecule has 0 aliphatic heterocycles. The van der Waals surface area contributed by atoms with Gasteiger partial charge in [0.15, 0.2) is 0 Å². The molecule has 0 saturated heterocycles. The second-order valence-electron chi connectivity index (χ2n) is 4.84. The Morgan fingerprint density at radius 3 is 2.32 bits per heavy atom. The quantitative estimate of drug-likeness (QED) is 0.538. The Bertz CT molecular complexity index is 569. The average molecular weight is 327 g/mol. The highest BCUT2D eigenvalue weighted by atomic mass is 32.2. The van der Waals surface area contributed by atoms with Gasteiger partial charge in [-0.2, -0.15) is 22.7 Å². The molecule has 0 aromatic heterocycles. The van der Waals surface area contributed by atoms with Gasteiger partial charge in [0, 0.05) is 25.2 Å². The van der Waals surface area contributed by atoms with Crippen LogP contribution in [0.3, 0.4) is 0 Å². The smallest absolute Gasteiger partial charge is 0.316 e. The number of hydrogen-bond acceptors (Lipinski definition) is 4. The van der Waals surface area contributed by atoms with Gasteiger partial charge in [-0.1, -0.05) is 51.1 Å². The molecule has 22 heavy (non-hydrogen) atoms. The van der Waals surface area contributed by atoms with Crippen LogP contribution in [-0.2, 0) is 10.2 Å². The lowest BCUT2D eigenvalue weighted by molar-refractivity contribution is 0.185. The fraction of sp³-hybridized carbons (Fsp3) is 0.533. The number of benzene rings is 1. The predicted molar refractivity (Wildman–Crippen MR) is 88.7 cm³/mol. The topological polar surface area (TPSA) is 82.0 Å². The van der Waals surface area contributed by atoms with Crippen LogP contribution in [0.1, 0.15) is 45.3 Å².